The molecular weight excluding hydrogens is 270 g/mol. The number of carbonyl (C=O) groups is 1. The second-order valence-electron chi connectivity index (χ2n) is 3.84. The van der Waals surface area contributed by atoms with Crippen molar-refractivity contribution in [3.8, 4) is 0 Å². The number of nitrogens with one attached hydrogen (secondary N) is 1. The smallest absolute Gasteiger partial charge is 0.253 e. The quantitative estimate of drug-likeness (QED) is 0.909. The number of hydrogen-bond donors (Lipinski definition) is 2. The Kier molecular flexibility index (Phi) is 3.84. The Morgan fingerprint density at radius 3 is 3.00 bits per heavy atom. The lowest BCUT2D eigenvalue weighted by Crippen LogP contribution is -2.26. The number of aromatic nitrogens is 1. The summed E-state index contributed by atoms with van der Waals surface area (Å²) in [6.45, 7) is 1.92. The highest BCUT2D eigenvalue weighted by molar-refractivity contribution is 7.07. The molecule has 0 aromatic carbocycles. The number of rotatable bonds is 3. The van der Waals surface area contributed by atoms with Crippen LogP contribution >= 0.6 is 22.9 Å². The largest absolute Gasteiger partial charge is 0.382 e. The lowest BCUT2D eigenvalue weighted by Gasteiger charge is -2.12. The first kappa shape index (κ1) is 12.9. The monoisotopic (exact) mass is 281 g/mol. The van der Waals surface area contributed by atoms with E-state index in [0.29, 0.717) is 5.56 Å². The molecule has 1 unspecified atom stereocenters. The van der Waals surface area contributed by atoms with Gasteiger partial charge in [-0.15, -0.1) is 0 Å². The fourth-order valence-electron chi connectivity index (χ4n) is 1.46. The van der Waals surface area contributed by atoms with E-state index in [1.807, 2.05) is 23.8 Å². The number of nitrogens with two attached hydrogens (primary N) is 1. The number of halogens is 1. The van der Waals surface area contributed by atoms with Gasteiger partial charge < -0.3 is 11.1 Å². The zero-order valence-corrected chi connectivity index (χ0v) is 11.3. The van der Waals surface area contributed by atoms with E-state index in [4.69, 9.17) is 17.3 Å². The SMILES string of the molecule is CC(NC(=O)c1cnc(N)c(Cl)c1)c1ccsc1. The average Bonchev–Trinajstić information content (AvgIpc) is 2.86. The summed E-state index contributed by atoms with van der Waals surface area (Å²) in [5.74, 6) is 0.00204. The minimum Gasteiger partial charge on any atom is -0.382 e. The van der Waals surface area contributed by atoms with Gasteiger partial charge in [-0.2, -0.15) is 11.3 Å². The van der Waals surface area contributed by atoms with Gasteiger partial charge in [0.2, 0.25) is 0 Å². The van der Waals surface area contributed by atoms with E-state index in [1.54, 1.807) is 11.3 Å². The number of nitrogen functional groups attached to an aromatic ring is 1. The summed E-state index contributed by atoms with van der Waals surface area (Å²) >= 11 is 7.42. The minimum absolute atomic E-state index is 0.0555. The molecule has 0 saturated carbocycles. The van der Waals surface area contributed by atoms with E-state index in [9.17, 15) is 4.79 Å². The number of anilines is 1. The van der Waals surface area contributed by atoms with E-state index >= 15 is 0 Å². The van der Waals surface area contributed by atoms with Gasteiger partial charge in [0.1, 0.15) is 5.82 Å². The molecule has 0 spiro atoms. The zero-order chi connectivity index (χ0) is 13.1. The molecule has 0 radical (unpaired) electrons. The Balaban J connectivity index is 2.10. The summed E-state index contributed by atoms with van der Waals surface area (Å²) in [5.41, 5.74) is 6.97. The third kappa shape index (κ3) is 2.80. The van der Waals surface area contributed by atoms with Crippen LogP contribution in [0.2, 0.25) is 5.02 Å². The van der Waals surface area contributed by atoms with Crippen LogP contribution < -0.4 is 11.1 Å². The van der Waals surface area contributed by atoms with Gasteiger partial charge >= 0.3 is 0 Å². The van der Waals surface area contributed by atoms with Crippen LogP contribution in [0.1, 0.15) is 28.9 Å². The molecule has 2 rings (SSSR count). The van der Waals surface area contributed by atoms with Gasteiger partial charge in [0.25, 0.3) is 5.91 Å². The van der Waals surface area contributed by atoms with Crippen molar-refractivity contribution in [1.29, 1.82) is 0 Å². The molecule has 2 heterocycles. The van der Waals surface area contributed by atoms with Crippen molar-refractivity contribution in [2.45, 2.75) is 13.0 Å². The third-order valence-corrected chi connectivity index (χ3v) is 3.53. The van der Waals surface area contributed by atoms with Crippen molar-refractivity contribution in [2.24, 2.45) is 0 Å². The molecule has 2 aromatic heterocycles. The Labute approximate surface area is 114 Å². The number of thiophene rings is 1. The molecular formula is C12H12ClN3OS. The van der Waals surface area contributed by atoms with Gasteiger partial charge in [-0.1, -0.05) is 11.6 Å². The lowest BCUT2D eigenvalue weighted by atomic mass is 10.1. The number of carbonyl (C=O) groups excluding carboxylic acids is 1. The summed E-state index contributed by atoms with van der Waals surface area (Å²) in [6, 6.07) is 3.43. The molecule has 0 aliphatic heterocycles. The molecule has 94 valence electrons. The van der Waals surface area contributed by atoms with Gasteiger partial charge in [0.05, 0.1) is 16.6 Å². The number of amides is 1. The second-order valence-corrected chi connectivity index (χ2v) is 5.03. The highest BCUT2D eigenvalue weighted by Crippen LogP contribution is 2.19. The van der Waals surface area contributed by atoms with Gasteiger partial charge in [0.15, 0.2) is 0 Å². The Bertz CT molecular complexity index is 556. The highest BCUT2D eigenvalue weighted by Gasteiger charge is 2.13. The van der Waals surface area contributed by atoms with Crippen molar-refractivity contribution < 1.29 is 4.79 Å². The van der Waals surface area contributed by atoms with E-state index in [1.165, 1.54) is 12.3 Å². The molecule has 0 aliphatic carbocycles. The topological polar surface area (TPSA) is 68.0 Å². The first-order valence-electron chi connectivity index (χ1n) is 5.32. The Morgan fingerprint density at radius 1 is 1.61 bits per heavy atom. The molecule has 1 amide bonds. The summed E-state index contributed by atoms with van der Waals surface area (Å²) in [6.07, 6.45) is 1.41. The van der Waals surface area contributed by atoms with E-state index in [2.05, 4.69) is 10.3 Å². The fraction of sp³-hybridized carbons (Fsp3) is 0.167. The second kappa shape index (κ2) is 5.37. The molecule has 0 aliphatic rings. The van der Waals surface area contributed by atoms with Crippen molar-refractivity contribution >= 4 is 34.7 Å². The number of pyridine rings is 1. The third-order valence-electron chi connectivity index (χ3n) is 2.52. The van der Waals surface area contributed by atoms with Crippen molar-refractivity contribution in [3.05, 3.63) is 45.2 Å². The predicted octanol–water partition coefficient (Wildman–Crippen LogP) is 2.87. The molecule has 4 nitrogen and oxygen atoms in total. The van der Waals surface area contributed by atoms with Gasteiger partial charge in [-0.05, 0) is 35.4 Å². The first-order chi connectivity index (χ1) is 8.58. The maximum atomic E-state index is 12.0. The van der Waals surface area contributed by atoms with Gasteiger partial charge in [0, 0.05) is 6.20 Å². The molecule has 0 saturated heterocycles. The van der Waals surface area contributed by atoms with Crippen LogP contribution in [-0.4, -0.2) is 10.9 Å². The zero-order valence-electron chi connectivity index (χ0n) is 9.68. The standard InChI is InChI=1S/C12H12ClN3OS/c1-7(8-2-3-18-6-8)16-12(17)9-4-10(13)11(14)15-5-9/h2-7H,1H3,(H2,14,15)(H,16,17). The van der Waals surface area contributed by atoms with Crippen molar-refractivity contribution in [2.75, 3.05) is 5.73 Å². The molecule has 3 N–H and O–H groups in total. The van der Waals surface area contributed by atoms with Crippen LogP contribution in [0.25, 0.3) is 0 Å². The van der Waals surface area contributed by atoms with Crippen LogP contribution in [0.4, 0.5) is 5.82 Å². The molecule has 1 atom stereocenters. The van der Waals surface area contributed by atoms with E-state index < -0.39 is 0 Å². The number of hydrogen-bond acceptors (Lipinski definition) is 4. The van der Waals surface area contributed by atoms with E-state index in [-0.39, 0.29) is 22.8 Å². The summed E-state index contributed by atoms with van der Waals surface area (Å²) in [5, 5.41) is 7.13. The predicted molar refractivity (Wildman–Crippen MR) is 73.9 cm³/mol. The maximum absolute atomic E-state index is 12.0. The maximum Gasteiger partial charge on any atom is 0.253 e. The summed E-state index contributed by atoms with van der Waals surface area (Å²) in [7, 11) is 0. The molecule has 18 heavy (non-hydrogen) atoms. The van der Waals surface area contributed by atoms with Crippen LogP contribution in [0.3, 0.4) is 0 Å². The number of nitrogens with zero attached hydrogens (tertiary/aromatic N) is 1. The van der Waals surface area contributed by atoms with E-state index in [0.717, 1.165) is 5.56 Å². The molecule has 2 aromatic rings. The van der Waals surface area contributed by atoms with Crippen LogP contribution in [0.5, 0.6) is 0 Å². The summed E-state index contributed by atoms with van der Waals surface area (Å²) in [4.78, 5) is 15.8. The highest BCUT2D eigenvalue weighted by atomic mass is 35.5. The van der Waals surface area contributed by atoms with Crippen LogP contribution in [0, 0.1) is 0 Å². The first-order valence-corrected chi connectivity index (χ1v) is 6.64. The molecule has 0 bridgehead atoms. The van der Waals surface area contributed by atoms with Crippen molar-refractivity contribution in [1.82, 2.24) is 10.3 Å². The molecule has 6 heteroatoms. The van der Waals surface area contributed by atoms with Crippen LogP contribution in [0.15, 0.2) is 29.1 Å². The van der Waals surface area contributed by atoms with Gasteiger partial charge in [-0.3, -0.25) is 4.79 Å². The Hall–Kier alpha value is -1.59. The Morgan fingerprint density at radius 2 is 2.39 bits per heavy atom. The normalized spacial score (nSPS) is 12.1. The summed E-state index contributed by atoms with van der Waals surface area (Å²) < 4.78 is 0. The molecule has 0 fully saturated rings. The minimum atomic E-state index is -0.219. The van der Waals surface area contributed by atoms with Gasteiger partial charge in [-0.25, -0.2) is 4.98 Å². The van der Waals surface area contributed by atoms with Crippen LogP contribution in [-0.2, 0) is 0 Å². The fourth-order valence-corrected chi connectivity index (χ4v) is 2.38. The average molecular weight is 282 g/mol. The lowest BCUT2D eigenvalue weighted by molar-refractivity contribution is 0.0939. The van der Waals surface area contributed by atoms with Crippen molar-refractivity contribution in [3.63, 3.8) is 0 Å².